The zero-order valence-electron chi connectivity index (χ0n) is 11.1. The van der Waals surface area contributed by atoms with E-state index in [0.29, 0.717) is 18.0 Å². The van der Waals surface area contributed by atoms with Crippen molar-refractivity contribution in [3.05, 3.63) is 18.0 Å². The number of hydrogen-bond acceptors (Lipinski definition) is 3. The predicted molar refractivity (Wildman–Crippen MR) is 69.2 cm³/mol. The molecule has 3 atom stereocenters. The van der Waals surface area contributed by atoms with Crippen molar-refractivity contribution in [2.24, 2.45) is 5.92 Å². The molecule has 2 bridgehead atoms. The number of rotatable bonds is 3. The summed E-state index contributed by atoms with van der Waals surface area (Å²) in [5, 5.41) is 13.5. The normalized spacial score (nSPS) is 31.8. The van der Waals surface area contributed by atoms with Gasteiger partial charge in [0.15, 0.2) is 0 Å². The smallest absolute Gasteiger partial charge is 0.308 e. The van der Waals surface area contributed by atoms with Gasteiger partial charge >= 0.3 is 5.97 Å². The number of aromatic nitrogens is 2. The van der Waals surface area contributed by atoms with Crippen LogP contribution in [0.1, 0.15) is 48.5 Å². The minimum atomic E-state index is -0.774. The summed E-state index contributed by atoms with van der Waals surface area (Å²) >= 11 is 0. The van der Waals surface area contributed by atoms with Crippen molar-refractivity contribution in [1.29, 1.82) is 0 Å². The summed E-state index contributed by atoms with van der Waals surface area (Å²) in [6.07, 6.45) is 8.03. The largest absolute Gasteiger partial charge is 0.481 e. The molecule has 3 fully saturated rings. The standard InChI is InChI=1S/C14H17N3O3/c18-13(8-6-15-16(7-8)9-1-2-9)17-10-3-4-12(17)11(5-10)14(19)20/h6-7,9-12H,1-5H2,(H,19,20)/t10-,11-,12+/m1/s1. The summed E-state index contributed by atoms with van der Waals surface area (Å²) in [6.45, 7) is 0. The van der Waals surface area contributed by atoms with Crippen LogP contribution in [0.15, 0.2) is 12.4 Å². The highest BCUT2D eigenvalue weighted by Gasteiger charge is 2.51. The Morgan fingerprint density at radius 1 is 1.20 bits per heavy atom. The van der Waals surface area contributed by atoms with Crippen LogP contribution in [0.3, 0.4) is 0 Å². The van der Waals surface area contributed by atoms with Crippen LogP contribution in [-0.2, 0) is 4.79 Å². The van der Waals surface area contributed by atoms with Gasteiger partial charge in [-0.15, -0.1) is 0 Å². The van der Waals surface area contributed by atoms with Gasteiger partial charge in [0.2, 0.25) is 0 Å². The Bertz CT molecular complexity index is 578. The van der Waals surface area contributed by atoms with Crippen molar-refractivity contribution in [2.45, 2.75) is 50.2 Å². The lowest BCUT2D eigenvalue weighted by atomic mass is 9.89. The van der Waals surface area contributed by atoms with Crippen LogP contribution < -0.4 is 0 Å². The summed E-state index contributed by atoms with van der Waals surface area (Å²) in [5.41, 5.74) is 0.597. The van der Waals surface area contributed by atoms with Crippen LogP contribution in [0.4, 0.5) is 0 Å². The molecule has 1 saturated carbocycles. The van der Waals surface area contributed by atoms with Gasteiger partial charge in [0, 0.05) is 18.3 Å². The molecule has 1 aromatic rings. The van der Waals surface area contributed by atoms with Gasteiger partial charge < -0.3 is 10.0 Å². The zero-order chi connectivity index (χ0) is 13.9. The average Bonchev–Trinajstić information content (AvgIpc) is 2.90. The fourth-order valence-electron chi connectivity index (χ4n) is 3.71. The van der Waals surface area contributed by atoms with E-state index in [4.69, 9.17) is 0 Å². The predicted octanol–water partition coefficient (Wildman–Crippen LogP) is 1.30. The first-order chi connectivity index (χ1) is 9.65. The Hall–Kier alpha value is -1.85. The van der Waals surface area contributed by atoms with Crippen LogP contribution in [0.2, 0.25) is 0 Å². The molecule has 0 unspecified atom stereocenters. The summed E-state index contributed by atoms with van der Waals surface area (Å²) in [4.78, 5) is 25.7. The Morgan fingerprint density at radius 2 is 1.95 bits per heavy atom. The molecule has 6 heteroatoms. The maximum atomic E-state index is 12.6. The van der Waals surface area contributed by atoms with Crippen LogP contribution in [-0.4, -0.2) is 43.7 Å². The molecule has 1 aromatic heterocycles. The number of aliphatic carboxylic acids is 1. The van der Waals surface area contributed by atoms with E-state index in [9.17, 15) is 14.7 Å². The Morgan fingerprint density at radius 3 is 2.60 bits per heavy atom. The average molecular weight is 275 g/mol. The molecule has 2 saturated heterocycles. The zero-order valence-corrected chi connectivity index (χ0v) is 11.1. The van der Waals surface area contributed by atoms with Crippen LogP contribution >= 0.6 is 0 Å². The third-order valence-electron chi connectivity index (χ3n) is 4.86. The van der Waals surface area contributed by atoms with Crippen molar-refractivity contribution < 1.29 is 14.7 Å². The van der Waals surface area contributed by atoms with Gasteiger partial charge in [-0.3, -0.25) is 14.3 Å². The third kappa shape index (κ3) is 1.67. The van der Waals surface area contributed by atoms with Crippen LogP contribution in [0.5, 0.6) is 0 Å². The highest BCUT2D eigenvalue weighted by molar-refractivity contribution is 5.95. The summed E-state index contributed by atoms with van der Waals surface area (Å²) in [5.74, 6) is -1.21. The van der Waals surface area contributed by atoms with E-state index in [-0.39, 0.29) is 18.0 Å². The number of hydrogen-bond donors (Lipinski definition) is 1. The molecule has 0 radical (unpaired) electrons. The van der Waals surface area contributed by atoms with Gasteiger partial charge in [-0.05, 0) is 32.1 Å². The van der Waals surface area contributed by atoms with Gasteiger partial charge in [-0.25, -0.2) is 0 Å². The molecule has 4 rings (SSSR count). The second-order valence-electron chi connectivity index (χ2n) is 6.13. The summed E-state index contributed by atoms with van der Waals surface area (Å²) in [7, 11) is 0. The van der Waals surface area contributed by atoms with Crippen LogP contribution in [0.25, 0.3) is 0 Å². The number of carboxylic acid groups (broad SMARTS) is 1. The monoisotopic (exact) mass is 275 g/mol. The second kappa shape index (κ2) is 4.07. The van der Waals surface area contributed by atoms with Crippen molar-refractivity contribution in [3.8, 4) is 0 Å². The number of nitrogens with zero attached hydrogens (tertiary/aromatic N) is 3. The van der Waals surface area contributed by atoms with Crippen molar-refractivity contribution >= 4 is 11.9 Å². The number of amides is 1. The third-order valence-corrected chi connectivity index (χ3v) is 4.86. The van der Waals surface area contributed by atoms with Crippen molar-refractivity contribution in [3.63, 3.8) is 0 Å². The Balaban J connectivity index is 1.57. The van der Waals surface area contributed by atoms with E-state index in [1.54, 1.807) is 11.1 Å². The van der Waals surface area contributed by atoms with Gasteiger partial charge in [-0.1, -0.05) is 0 Å². The quantitative estimate of drug-likeness (QED) is 0.902. The first-order valence-electron chi connectivity index (χ1n) is 7.25. The highest BCUT2D eigenvalue weighted by atomic mass is 16.4. The minimum absolute atomic E-state index is 0.0480. The maximum absolute atomic E-state index is 12.6. The number of carbonyl (C=O) groups is 2. The fourth-order valence-corrected chi connectivity index (χ4v) is 3.71. The number of fused-ring (bicyclic) bond motifs is 2. The minimum Gasteiger partial charge on any atom is -0.481 e. The lowest BCUT2D eigenvalue weighted by molar-refractivity contribution is -0.142. The van der Waals surface area contributed by atoms with Gasteiger partial charge in [0.1, 0.15) is 0 Å². The lowest BCUT2D eigenvalue weighted by Crippen LogP contribution is -2.37. The second-order valence-corrected chi connectivity index (χ2v) is 6.13. The molecule has 1 N–H and O–H groups in total. The van der Waals surface area contributed by atoms with Gasteiger partial charge in [0.05, 0.1) is 23.7 Å². The highest BCUT2D eigenvalue weighted by Crippen LogP contribution is 2.42. The SMILES string of the molecule is O=C(O)[C@@H]1C[C@H]2CC[C@@H]1N2C(=O)c1cnn(C2CC2)c1. The summed E-state index contributed by atoms with van der Waals surface area (Å²) < 4.78 is 1.86. The Kier molecular flexibility index (Phi) is 2.43. The van der Waals surface area contributed by atoms with E-state index < -0.39 is 11.9 Å². The van der Waals surface area contributed by atoms with Gasteiger partial charge in [-0.2, -0.15) is 5.10 Å². The molecular weight excluding hydrogens is 258 g/mol. The molecule has 2 aliphatic heterocycles. The molecule has 106 valence electrons. The molecule has 3 heterocycles. The molecule has 6 nitrogen and oxygen atoms in total. The van der Waals surface area contributed by atoms with Crippen LogP contribution in [0, 0.1) is 5.92 Å². The number of carboxylic acids is 1. The van der Waals surface area contributed by atoms with E-state index in [1.165, 1.54) is 0 Å². The molecular formula is C14H17N3O3. The molecule has 1 amide bonds. The topological polar surface area (TPSA) is 75.4 Å². The molecule has 3 aliphatic rings. The maximum Gasteiger partial charge on any atom is 0.308 e. The molecule has 20 heavy (non-hydrogen) atoms. The first-order valence-corrected chi connectivity index (χ1v) is 7.25. The van der Waals surface area contributed by atoms with Gasteiger partial charge in [0.25, 0.3) is 5.91 Å². The fraction of sp³-hybridized carbons (Fsp3) is 0.643. The van der Waals surface area contributed by atoms with E-state index in [1.807, 2.05) is 10.9 Å². The molecule has 0 aromatic carbocycles. The van der Waals surface area contributed by atoms with E-state index >= 15 is 0 Å². The Labute approximate surface area is 116 Å². The van der Waals surface area contributed by atoms with E-state index in [2.05, 4.69) is 5.10 Å². The molecule has 1 aliphatic carbocycles. The molecule has 0 spiro atoms. The summed E-state index contributed by atoms with van der Waals surface area (Å²) in [6, 6.07) is 0.422. The van der Waals surface area contributed by atoms with Crippen molar-refractivity contribution in [2.75, 3.05) is 0 Å². The lowest BCUT2D eigenvalue weighted by Gasteiger charge is -2.22. The first kappa shape index (κ1) is 11.9. The van der Waals surface area contributed by atoms with Crippen molar-refractivity contribution in [1.82, 2.24) is 14.7 Å². The number of carbonyl (C=O) groups excluding carboxylic acids is 1. The van der Waals surface area contributed by atoms with E-state index in [0.717, 1.165) is 25.7 Å².